The summed E-state index contributed by atoms with van der Waals surface area (Å²) in [5.41, 5.74) is 2.74. The van der Waals surface area contributed by atoms with Gasteiger partial charge < -0.3 is 19.6 Å². The summed E-state index contributed by atoms with van der Waals surface area (Å²) in [4.78, 5) is 45.1. The second kappa shape index (κ2) is 10.5. The van der Waals surface area contributed by atoms with Crippen LogP contribution in [0.2, 0.25) is 0 Å². The Morgan fingerprint density at radius 2 is 2.11 bits per heavy atom. The lowest BCUT2D eigenvalue weighted by Gasteiger charge is -2.40. The Hall–Kier alpha value is -1.84. The van der Waals surface area contributed by atoms with Crippen LogP contribution in [-0.4, -0.2) is 74.5 Å². The molecule has 7 atom stereocenters. The molecule has 7 nitrogen and oxygen atoms in total. The van der Waals surface area contributed by atoms with Crippen molar-refractivity contribution in [1.82, 2.24) is 4.90 Å². The first kappa shape index (κ1) is 27.2. The van der Waals surface area contributed by atoms with E-state index < -0.39 is 28.7 Å². The smallest absolute Gasteiger partial charge is 0.310 e. The molecule has 3 fully saturated rings. The SMILES string of the molecule is C=CCN(C(=O)C1N([C@@H](CC)CO)C(=O)[C@@H]2[C@H](C(=O)OCC)[C@H]3SC12CC3Br)c1cc(C)ccc1C. The Bertz CT molecular complexity index is 1060. The van der Waals surface area contributed by atoms with Crippen molar-refractivity contribution >= 4 is 51.2 Å². The normalized spacial score (nSPS) is 31.3. The monoisotopic (exact) mass is 578 g/mol. The van der Waals surface area contributed by atoms with E-state index in [0.717, 1.165) is 16.8 Å². The van der Waals surface area contributed by atoms with Crippen molar-refractivity contribution in [2.75, 3.05) is 24.7 Å². The Morgan fingerprint density at radius 3 is 2.72 bits per heavy atom. The third-order valence-corrected chi connectivity index (χ3v) is 11.0. The van der Waals surface area contributed by atoms with E-state index in [1.54, 1.807) is 34.6 Å². The number of likely N-dealkylation sites (tertiary alicyclic amines) is 1. The maximum Gasteiger partial charge on any atom is 0.310 e. The molecule has 2 bridgehead atoms. The second-order valence-electron chi connectivity index (χ2n) is 9.93. The highest BCUT2D eigenvalue weighted by Gasteiger charge is 2.76. The number of alkyl halides is 1. The van der Waals surface area contributed by atoms with Crippen LogP contribution in [0, 0.1) is 25.7 Å². The third kappa shape index (κ3) is 4.11. The highest BCUT2D eigenvalue weighted by atomic mass is 79.9. The fraction of sp³-hybridized carbons (Fsp3) is 0.593. The van der Waals surface area contributed by atoms with Crippen LogP contribution in [0.4, 0.5) is 5.69 Å². The quantitative estimate of drug-likeness (QED) is 0.273. The maximum atomic E-state index is 14.6. The number of nitrogens with zero attached hydrogens (tertiary/aromatic N) is 2. The molecule has 0 aromatic heterocycles. The van der Waals surface area contributed by atoms with E-state index in [1.807, 2.05) is 39.0 Å². The Kier molecular flexibility index (Phi) is 7.93. The van der Waals surface area contributed by atoms with Crippen molar-refractivity contribution < 1.29 is 24.2 Å². The Labute approximate surface area is 225 Å². The van der Waals surface area contributed by atoms with Gasteiger partial charge in [-0.3, -0.25) is 14.4 Å². The molecule has 0 saturated carbocycles. The number of benzene rings is 1. The lowest BCUT2D eigenvalue weighted by Crippen LogP contribution is -2.58. The summed E-state index contributed by atoms with van der Waals surface area (Å²) in [6.07, 6.45) is 2.76. The summed E-state index contributed by atoms with van der Waals surface area (Å²) in [7, 11) is 0. The zero-order chi connectivity index (χ0) is 26.4. The van der Waals surface area contributed by atoms with E-state index in [2.05, 4.69) is 22.5 Å². The summed E-state index contributed by atoms with van der Waals surface area (Å²) >= 11 is 5.33. The highest BCUT2D eigenvalue weighted by Crippen LogP contribution is 2.68. The van der Waals surface area contributed by atoms with Gasteiger partial charge in [-0.25, -0.2) is 0 Å². The summed E-state index contributed by atoms with van der Waals surface area (Å²) in [5, 5.41) is 10.1. The topological polar surface area (TPSA) is 87.2 Å². The number of carbonyl (C=O) groups excluding carboxylic acids is 3. The van der Waals surface area contributed by atoms with Crippen LogP contribution in [0.15, 0.2) is 30.9 Å². The molecular formula is C27H35BrN2O5S. The summed E-state index contributed by atoms with van der Waals surface area (Å²) in [5.74, 6) is -2.13. The average Bonchev–Trinajstić information content (AvgIpc) is 3.44. The second-order valence-corrected chi connectivity index (χ2v) is 12.6. The van der Waals surface area contributed by atoms with Crippen molar-refractivity contribution in [2.24, 2.45) is 11.8 Å². The van der Waals surface area contributed by atoms with Crippen LogP contribution in [0.1, 0.15) is 37.8 Å². The summed E-state index contributed by atoms with van der Waals surface area (Å²) in [6.45, 7) is 11.7. The molecule has 1 N–H and O–H groups in total. The number of anilines is 1. The molecule has 3 aliphatic rings. The van der Waals surface area contributed by atoms with Gasteiger partial charge >= 0.3 is 5.97 Å². The summed E-state index contributed by atoms with van der Waals surface area (Å²) in [6, 6.07) is 4.62. The van der Waals surface area contributed by atoms with Gasteiger partial charge in [-0.15, -0.1) is 18.3 Å². The molecule has 4 rings (SSSR count). The molecule has 1 spiro atoms. The van der Waals surface area contributed by atoms with Crippen molar-refractivity contribution in [2.45, 2.75) is 67.4 Å². The average molecular weight is 580 g/mol. The van der Waals surface area contributed by atoms with Gasteiger partial charge in [0.25, 0.3) is 5.91 Å². The van der Waals surface area contributed by atoms with Crippen LogP contribution in [0.5, 0.6) is 0 Å². The minimum Gasteiger partial charge on any atom is -0.466 e. The lowest BCUT2D eigenvalue weighted by atomic mass is 9.71. The van der Waals surface area contributed by atoms with E-state index in [-0.39, 0.29) is 47.6 Å². The minimum absolute atomic E-state index is 0.0287. The number of aliphatic hydroxyl groups is 1. The van der Waals surface area contributed by atoms with Crippen LogP contribution >= 0.6 is 27.7 Å². The molecule has 2 amide bonds. The number of hydrogen-bond acceptors (Lipinski definition) is 6. The van der Waals surface area contributed by atoms with Crippen LogP contribution in [0.25, 0.3) is 0 Å². The third-order valence-electron chi connectivity index (χ3n) is 7.83. The molecule has 36 heavy (non-hydrogen) atoms. The number of rotatable bonds is 9. The number of halogens is 1. The minimum atomic E-state index is -0.818. The van der Waals surface area contributed by atoms with Gasteiger partial charge in [0.15, 0.2) is 0 Å². The van der Waals surface area contributed by atoms with Crippen molar-refractivity contribution in [3.8, 4) is 0 Å². The number of esters is 1. The van der Waals surface area contributed by atoms with E-state index in [4.69, 9.17) is 4.74 Å². The molecule has 3 unspecified atom stereocenters. The number of hydrogen-bond donors (Lipinski definition) is 1. The van der Waals surface area contributed by atoms with Crippen LogP contribution in [0.3, 0.4) is 0 Å². The highest BCUT2D eigenvalue weighted by molar-refractivity contribution is 9.09. The number of carbonyl (C=O) groups is 3. The van der Waals surface area contributed by atoms with Gasteiger partial charge in [0.1, 0.15) is 6.04 Å². The van der Waals surface area contributed by atoms with Crippen molar-refractivity contribution in [1.29, 1.82) is 0 Å². The zero-order valence-corrected chi connectivity index (χ0v) is 23.7. The predicted octanol–water partition coefficient (Wildman–Crippen LogP) is 3.62. The number of amides is 2. The number of aryl methyl sites for hydroxylation is 2. The largest absolute Gasteiger partial charge is 0.466 e. The van der Waals surface area contributed by atoms with Gasteiger partial charge in [0.05, 0.1) is 35.8 Å². The molecule has 3 aliphatic heterocycles. The predicted molar refractivity (Wildman–Crippen MR) is 145 cm³/mol. The first-order valence-electron chi connectivity index (χ1n) is 12.6. The molecule has 9 heteroatoms. The molecule has 1 aromatic carbocycles. The van der Waals surface area contributed by atoms with E-state index >= 15 is 0 Å². The molecule has 0 aliphatic carbocycles. The number of fused-ring (bicyclic) bond motifs is 1. The van der Waals surface area contributed by atoms with Gasteiger partial charge in [-0.05, 0) is 50.8 Å². The van der Waals surface area contributed by atoms with Crippen molar-refractivity contribution in [3.05, 3.63) is 42.0 Å². The van der Waals surface area contributed by atoms with E-state index in [1.165, 1.54) is 0 Å². The van der Waals surface area contributed by atoms with Gasteiger partial charge in [-0.1, -0.05) is 41.1 Å². The van der Waals surface area contributed by atoms with Gasteiger partial charge in [0.2, 0.25) is 5.91 Å². The van der Waals surface area contributed by atoms with Crippen molar-refractivity contribution in [3.63, 3.8) is 0 Å². The number of thioether (sulfide) groups is 1. The maximum absolute atomic E-state index is 14.6. The summed E-state index contributed by atoms with van der Waals surface area (Å²) < 4.78 is 4.62. The van der Waals surface area contributed by atoms with E-state index in [9.17, 15) is 19.5 Å². The molecule has 1 aromatic rings. The Morgan fingerprint density at radius 1 is 1.39 bits per heavy atom. The fourth-order valence-electron chi connectivity index (χ4n) is 6.26. The molecular weight excluding hydrogens is 544 g/mol. The Balaban J connectivity index is 1.86. The van der Waals surface area contributed by atoms with Crippen LogP contribution in [-0.2, 0) is 19.1 Å². The number of aliphatic hydroxyl groups excluding tert-OH is 1. The van der Waals surface area contributed by atoms with Crippen LogP contribution < -0.4 is 4.90 Å². The lowest BCUT2D eigenvalue weighted by molar-refractivity contribution is -0.154. The number of ether oxygens (including phenoxy) is 1. The molecule has 3 heterocycles. The molecule has 3 saturated heterocycles. The molecule has 196 valence electrons. The standard InChI is InChI=1S/C27H35BrN2O5S/c1-6-11-29(19-12-15(4)9-10-16(19)5)25(33)23-27-13-18(28)22(36-27)20(26(34)35-8-3)21(27)24(32)30(23)17(7-2)14-31/h6,9-10,12,17-18,20-23,31H,1,7-8,11,13-14H2,2-5H3/t17-,18?,20-,21-,22-,23?,27?/m0/s1. The first-order chi connectivity index (χ1) is 17.2. The van der Waals surface area contributed by atoms with Gasteiger partial charge in [0, 0.05) is 22.3 Å². The zero-order valence-electron chi connectivity index (χ0n) is 21.3. The molecule has 0 radical (unpaired) electrons. The fourth-order valence-corrected chi connectivity index (χ4v) is 9.84. The van der Waals surface area contributed by atoms with Gasteiger partial charge in [-0.2, -0.15) is 0 Å². The van der Waals surface area contributed by atoms with E-state index in [0.29, 0.717) is 12.8 Å². The first-order valence-corrected chi connectivity index (χ1v) is 14.4.